The van der Waals surface area contributed by atoms with Gasteiger partial charge in [0.05, 0.1) is 5.69 Å². The maximum atomic E-state index is 11.8. The molecule has 0 aliphatic carbocycles. The van der Waals surface area contributed by atoms with Crippen molar-refractivity contribution in [3.8, 4) is 0 Å². The van der Waals surface area contributed by atoms with Gasteiger partial charge in [-0.25, -0.2) is 4.98 Å². The summed E-state index contributed by atoms with van der Waals surface area (Å²) in [5.74, 6) is -0.305. The second-order valence-corrected chi connectivity index (χ2v) is 5.33. The van der Waals surface area contributed by atoms with Crippen LogP contribution in [0.5, 0.6) is 0 Å². The minimum atomic E-state index is -0.305. The molecule has 88 valence electrons. The molecular formula is C10H7BrClN3OS. The summed E-state index contributed by atoms with van der Waals surface area (Å²) in [7, 11) is 0. The van der Waals surface area contributed by atoms with Gasteiger partial charge in [-0.05, 0) is 34.1 Å². The molecule has 0 bridgehead atoms. The summed E-state index contributed by atoms with van der Waals surface area (Å²) < 4.78 is 0.710. The van der Waals surface area contributed by atoms with Crippen molar-refractivity contribution < 1.29 is 4.79 Å². The molecule has 3 N–H and O–H groups in total. The number of aromatic nitrogens is 1. The number of hydrogen-bond donors (Lipinski definition) is 2. The van der Waals surface area contributed by atoms with E-state index in [0.717, 1.165) is 0 Å². The van der Waals surface area contributed by atoms with Gasteiger partial charge in [-0.3, -0.25) is 4.79 Å². The number of carbonyl (C=O) groups excluding carboxylic acids is 1. The molecule has 0 saturated carbocycles. The molecule has 0 spiro atoms. The van der Waals surface area contributed by atoms with E-state index in [-0.39, 0.29) is 5.91 Å². The van der Waals surface area contributed by atoms with Crippen molar-refractivity contribution in [2.45, 2.75) is 0 Å². The maximum Gasteiger partial charge on any atom is 0.275 e. The zero-order valence-electron chi connectivity index (χ0n) is 8.41. The summed E-state index contributed by atoms with van der Waals surface area (Å²) in [6, 6.07) is 5.10. The lowest BCUT2D eigenvalue weighted by atomic mass is 10.3. The number of anilines is 2. The van der Waals surface area contributed by atoms with Crippen molar-refractivity contribution in [2.24, 2.45) is 0 Å². The Morgan fingerprint density at radius 1 is 1.53 bits per heavy atom. The Bertz CT molecular complexity index is 572. The number of benzene rings is 1. The lowest BCUT2D eigenvalue weighted by Crippen LogP contribution is -2.12. The summed E-state index contributed by atoms with van der Waals surface area (Å²) in [4.78, 5) is 15.7. The number of carbonyl (C=O) groups is 1. The molecule has 0 aliphatic heterocycles. The topological polar surface area (TPSA) is 68.0 Å². The van der Waals surface area contributed by atoms with Crippen molar-refractivity contribution in [1.82, 2.24) is 4.98 Å². The monoisotopic (exact) mass is 331 g/mol. The minimum Gasteiger partial charge on any atom is -0.375 e. The first-order valence-electron chi connectivity index (χ1n) is 4.53. The number of nitrogens with two attached hydrogens (primary N) is 1. The van der Waals surface area contributed by atoms with Crippen LogP contribution >= 0.6 is 38.9 Å². The predicted octanol–water partition coefficient (Wildman–Crippen LogP) is 3.39. The van der Waals surface area contributed by atoms with Gasteiger partial charge in [0.25, 0.3) is 5.91 Å². The first-order chi connectivity index (χ1) is 8.06. The van der Waals surface area contributed by atoms with Crippen LogP contribution in [0.25, 0.3) is 0 Å². The fourth-order valence-corrected chi connectivity index (χ4v) is 2.49. The molecule has 0 aliphatic rings. The van der Waals surface area contributed by atoms with Crippen LogP contribution < -0.4 is 11.1 Å². The van der Waals surface area contributed by atoms with Crippen LogP contribution in [0.2, 0.25) is 5.02 Å². The molecule has 1 aromatic heterocycles. The first-order valence-corrected chi connectivity index (χ1v) is 6.59. The van der Waals surface area contributed by atoms with Crippen molar-refractivity contribution in [2.75, 3.05) is 11.1 Å². The minimum absolute atomic E-state index is 0.300. The fraction of sp³-hybridized carbons (Fsp3) is 0. The lowest BCUT2D eigenvalue weighted by molar-refractivity contribution is 0.102. The number of amides is 1. The molecule has 0 radical (unpaired) electrons. The molecule has 1 aromatic carbocycles. The fourth-order valence-electron chi connectivity index (χ4n) is 1.17. The predicted molar refractivity (Wildman–Crippen MR) is 73.6 cm³/mol. The Labute approximate surface area is 115 Å². The third kappa shape index (κ3) is 2.96. The third-order valence-electron chi connectivity index (χ3n) is 1.93. The first kappa shape index (κ1) is 12.3. The molecule has 0 fully saturated rings. The van der Waals surface area contributed by atoms with E-state index in [9.17, 15) is 4.79 Å². The number of thiazole rings is 1. The molecule has 0 saturated heterocycles. The summed E-state index contributed by atoms with van der Waals surface area (Å²) in [6.07, 6.45) is 0. The van der Waals surface area contributed by atoms with E-state index in [0.29, 0.717) is 26.0 Å². The average Bonchev–Trinajstić information content (AvgIpc) is 2.69. The standard InChI is InChI=1S/C10H7BrClN3OS/c11-6-3-5(12)1-2-7(6)14-9(16)8-4-17-10(13)15-8/h1-4H,(H2,13,15)(H,14,16). The van der Waals surface area contributed by atoms with Crippen LogP contribution in [0.4, 0.5) is 10.8 Å². The molecule has 1 heterocycles. The van der Waals surface area contributed by atoms with Crippen LogP contribution in [0.1, 0.15) is 10.5 Å². The van der Waals surface area contributed by atoms with Gasteiger partial charge < -0.3 is 11.1 Å². The van der Waals surface area contributed by atoms with E-state index >= 15 is 0 Å². The Balaban J connectivity index is 2.18. The van der Waals surface area contributed by atoms with Gasteiger partial charge in [0, 0.05) is 14.9 Å². The van der Waals surface area contributed by atoms with E-state index in [4.69, 9.17) is 17.3 Å². The van der Waals surface area contributed by atoms with Crippen molar-refractivity contribution >= 4 is 55.6 Å². The number of halogens is 2. The highest BCUT2D eigenvalue weighted by Crippen LogP contribution is 2.26. The molecule has 0 atom stereocenters. The molecule has 4 nitrogen and oxygen atoms in total. The van der Waals surface area contributed by atoms with Gasteiger partial charge in [-0.1, -0.05) is 11.6 Å². The average molecular weight is 333 g/mol. The number of rotatable bonds is 2. The van der Waals surface area contributed by atoms with Gasteiger partial charge >= 0.3 is 0 Å². The Hall–Kier alpha value is -1.11. The number of nitrogens with one attached hydrogen (secondary N) is 1. The zero-order valence-corrected chi connectivity index (χ0v) is 11.6. The Morgan fingerprint density at radius 3 is 2.88 bits per heavy atom. The van der Waals surface area contributed by atoms with E-state index in [1.807, 2.05) is 0 Å². The number of nitrogen functional groups attached to an aromatic ring is 1. The van der Waals surface area contributed by atoms with E-state index < -0.39 is 0 Å². The van der Waals surface area contributed by atoms with Gasteiger partial charge in [0.2, 0.25) is 0 Å². The van der Waals surface area contributed by atoms with Crippen LogP contribution in [0.15, 0.2) is 28.1 Å². The van der Waals surface area contributed by atoms with Gasteiger partial charge in [0.1, 0.15) is 5.69 Å². The van der Waals surface area contributed by atoms with Crippen molar-refractivity contribution in [3.05, 3.63) is 38.8 Å². The van der Waals surface area contributed by atoms with Crippen LogP contribution in [-0.2, 0) is 0 Å². The summed E-state index contributed by atoms with van der Waals surface area (Å²) >= 11 is 10.3. The van der Waals surface area contributed by atoms with E-state index in [1.165, 1.54) is 11.3 Å². The van der Waals surface area contributed by atoms with E-state index in [2.05, 4.69) is 26.2 Å². The highest BCUT2D eigenvalue weighted by atomic mass is 79.9. The molecular weight excluding hydrogens is 326 g/mol. The number of nitrogens with zero attached hydrogens (tertiary/aromatic N) is 1. The Morgan fingerprint density at radius 2 is 2.29 bits per heavy atom. The largest absolute Gasteiger partial charge is 0.375 e. The van der Waals surface area contributed by atoms with Gasteiger partial charge in [-0.15, -0.1) is 11.3 Å². The highest BCUT2D eigenvalue weighted by molar-refractivity contribution is 9.10. The normalized spacial score (nSPS) is 10.2. The van der Waals surface area contributed by atoms with Crippen LogP contribution in [-0.4, -0.2) is 10.9 Å². The number of hydrogen-bond acceptors (Lipinski definition) is 4. The molecule has 0 unspecified atom stereocenters. The third-order valence-corrected chi connectivity index (χ3v) is 3.50. The van der Waals surface area contributed by atoms with Crippen LogP contribution in [0.3, 0.4) is 0 Å². The van der Waals surface area contributed by atoms with Crippen LogP contribution in [0, 0.1) is 0 Å². The van der Waals surface area contributed by atoms with Gasteiger partial charge in [0.15, 0.2) is 5.13 Å². The maximum absolute atomic E-state index is 11.8. The SMILES string of the molecule is Nc1nc(C(=O)Nc2ccc(Cl)cc2Br)cs1. The van der Waals surface area contributed by atoms with Crippen molar-refractivity contribution in [3.63, 3.8) is 0 Å². The zero-order chi connectivity index (χ0) is 12.4. The second-order valence-electron chi connectivity index (χ2n) is 3.15. The highest BCUT2D eigenvalue weighted by Gasteiger charge is 2.11. The van der Waals surface area contributed by atoms with E-state index in [1.54, 1.807) is 23.6 Å². The van der Waals surface area contributed by atoms with Gasteiger partial charge in [-0.2, -0.15) is 0 Å². The second kappa shape index (κ2) is 5.03. The molecule has 1 amide bonds. The quantitative estimate of drug-likeness (QED) is 0.885. The molecule has 17 heavy (non-hydrogen) atoms. The van der Waals surface area contributed by atoms with Crippen molar-refractivity contribution in [1.29, 1.82) is 0 Å². The summed E-state index contributed by atoms with van der Waals surface area (Å²) in [6.45, 7) is 0. The summed E-state index contributed by atoms with van der Waals surface area (Å²) in [5.41, 5.74) is 6.39. The Kier molecular flexibility index (Phi) is 3.66. The summed E-state index contributed by atoms with van der Waals surface area (Å²) in [5, 5.41) is 5.27. The molecule has 2 rings (SSSR count). The molecule has 2 aromatic rings. The smallest absolute Gasteiger partial charge is 0.275 e. The molecule has 7 heteroatoms. The lowest BCUT2D eigenvalue weighted by Gasteiger charge is -2.05.